The zero-order chi connectivity index (χ0) is 21.8. The van der Waals surface area contributed by atoms with E-state index in [2.05, 4.69) is 40.6 Å². The summed E-state index contributed by atoms with van der Waals surface area (Å²) in [5.74, 6) is -0.266. The first-order chi connectivity index (χ1) is 14.3. The minimum atomic E-state index is -1.02. The van der Waals surface area contributed by atoms with Crippen molar-refractivity contribution in [3.05, 3.63) is 52.0 Å². The number of imidazole rings is 1. The molecule has 1 amide bonds. The number of hydrogen-bond donors (Lipinski definition) is 2. The van der Waals surface area contributed by atoms with E-state index in [1.165, 1.54) is 5.56 Å². The van der Waals surface area contributed by atoms with E-state index < -0.39 is 12.0 Å². The molecule has 2 atom stereocenters. The molecule has 160 valence electrons. The number of aromatic nitrogens is 2. The summed E-state index contributed by atoms with van der Waals surface area (Å²) in [7, 11) is 0. The largest absolute Gasteiger partial charge is 0.480 e. The Morgan fingerprint density at radius 3 is 2.60 bits per heavy atom. The fraction of sp³-hybridized carbons (Fsp3) is 0.435. The molecular weight excluding hydrogens is 398 g/mol. The van der Waals surface area contributed by atoms with Crippen molar-refractivity contribution >= 4 is 34.2 Å². The molecule has 1 aromatic carbocycles. The maximum absolute atomic E-state index is 12.7. The quantitative estimate of drug-likeness (QED) is 0.509. The van der Waals surface area contributed by atoms with Crippen molar-refractivity contribution in [2.24, 2.45) is 5.92 Å². The van der Waals surface area contributed by atoms with Crippen LogP contribution in [-0.2, 0) is 11.2 Å². The molecule has 3 rings (SSSR count). The van der Waals surface area contributed by atoms with Gasteiger partial charge in [-0.15, -0.1) is 0 Å². The summed E-state index contributed by atoms with van der Waals surface area (Å²) in [5, 5.41) is 16.2. The van der Waals surface area contributed by atoms with Gasteiger partial charge in [-0.05, 0) is 66.3 Å². The molecule has 2 unspecified atom stereocenters. The van der Waals surface area contributed by atoms with Crippen molar-refractivity contribution in [1.29, 1.82) is 0 Å². The number of thiophene rings is 1. The van der Waals surface area contributed by atoms with Gasteiger partial charge in [0.25, 0.3) is 5.91 Å². The van der Waals surface area contributed by atoms with Crippen molar-refractivity contribution < 1.29 is 14.7 Å². The van der Waals surface area contributed by atoms with Crippen LogP contribution in [0.1, 0.15) is 68.3 Å². The number of nitrogens with one attached hydrogen (secondary N) is 1. The Labute approximate surface area is 180 Å². The van der Waals surface area contributed by atoms with Crippen molar-refractivity contribution in [3.8, 4) is 0 Å². The maximum Gasteiger partial charge on any atom is 0.326 e. The molecule has 0 bridgehead atoms. The van der Waals surface area contributed by atoms with Crippen LogP contribution in [0.3, 0.4) is 0 Å². The van der Waals surface area contributed by atoms with Crippen LogP contribution in [0, 0.1) is 5.92 Å². The summed E-state index contributed by atoms with van der Waals surface area (Å²) in [4.78, 5) is 29.0. The van der Waals surface area contributed by atoms with Crippen molar-refractivity contribution in [2.45, 2.75) is 59.0 Å². The molecule has 2 aromatic heterocycles. The van der Waals surface area contributed by atoms with Crippen LogP contribution < -0.4 is 5.32 Å². The summed E-state index contributed by atoms with van der Waals surface area (Å²) in [5.41, 5.74) is 3.39. The van der Waals surface area contributed by atoms with Gasteiger partial charge in [0.2, 0.25) is 0 Å². The van der Waals surface area contributed by atoms with E-state index in [9.17, 15) is 14.7 Å². The van der Waals surface area contributed by atoms with E-state index in [0.717, 1.165) is 29.7 Å². The molecule has 0 saturated carbocycles. The van der Waals surface area contributed by atoms with E-state index in [-0.39, 0.29) is 17.9 Å². The lowest BCUT2D eigenvalue weighted by Crippen LogP contribution is -2.41. The van der Waals surface area contributed by atoms with Gasteiger partial charge in [0.1, 0.15) is 11.9 Å². The Morgan fingerprint density at radius 2 is 2.00 bits per heavy atom. The minimum absolute atomic E-state index is 0.166. The predicted molar refractivity (Wildman–Crippen MR) is 120 cm³/mol. The summed E-state index contributed by atoms with van der Waals surface area (Å²) in [6.45, 7) is 8.19. The van der Waals surface area contributed by atoms with Gasteiger partial charge >= 0.3 is 5.97 Å². The van der Waals surface area contributed by atoms with Gasteiger partial charge in [0.15, 0.2) is 0 Å². The molecular formula is C23H29N3O3S. The fourth-order valence-corrected chi connectivity index (χ4v) is 4.27. The first-order valence-electron chi connectivity index (χ1n) is 10.4. The predicted octanol–water partition coefficient (Wildman–Crippen LogP) is 4.89. The molecule has 0 aliphatic carbocycles. The maximum atomic E-state index is 12.7. The average molecular weight is 428 g/mol. The summed E-state index contributed by atoms with van der Waals surface area (Å²) >= 11 is 1.67. The van der Waals surface area contributed by atoms with Gasteiger partial charge in [-0.2, -0.15) is 11.3 Å². The molecule has 0 spiro atoms. The number of carboxylic acids is 1. The Balaban J connectivity index is 1.93. The van der Waals surface area contributed by atoms with Gasteiger partial charge < -0.3 is 15.0 Å². The highest BCUT2D eigenvalue weighted by molar-refractivity contribution is 7.07. The third-order valence-electron chi connectivity index (χ3n) is 5.31. The normalized spacial score (nSPS) is 13.5. The second-order valence-corrected chi connectivity index (χ2v) is 8.94. The molecule has 2 N–H and O–H groups in total. The van der Waals surface area contributed by atoms with Gasteiger partial charge in [-0.3, -0.25) is 4.79 Å². The van der Waals surface area contributed by atoms with Gasteiger partial charge in [-0.1, -0.05) is 20.8 Å². The molecule has 0 aliphatic rings. The van der Waals surface area contributed by atoms with E-state index in [0.29, 0.717) is 12.0 Å². The molecule has 0 radical (unpaired) electrons. The Kier molecular flexibility index (Phi) is 6.92. The molecule has 0 saturated heterocycles. The third kappa shape index (κ3) is 4.90. The monoisotopic (exact) mass is 427 g/mol. The van der Waals surface area contributed by atoms with Crippen LogP contribution in [0.15, 0.2) is 35.0 Å². The molecule has 30 heavy (non-hydrogen) atoms. The number of aliphatic carboxylic acids is 1. The standard InChI is InChI=1S/C23H29N3O3S/c1-5-15(4)26-20-7-6-17(22(27)25-19(23(28)29)10-14(2)3)12-18(20)24-21(26)11-16-8-9-30-13-16/h6-9,12-15,19H,5,10-11H2,1-4H3,(H,25,27)(H,28,29). The zero-order valence-corrected chi connectivity index (χ0v) is 18.7. The van der Waals surface area contributed by atoms with Gasteiger partial charge in [0, 0.05) is 18.0 Å². The van der Waals surface area contributed by atoms with Crippen LogP contribution in [0.4, 0.5) is 0 Å². The number of carboxylic acid groups (broad SMARTS) is 1. The Morgan fingerprint density at radius 1 is 1.23 bits per heavy atom. The van der Waals surface area contributed by atoms with Crippen LogP contribution >= 0.6 is 11.3 Å². The third-order valence-corrected chi connectivity index (χ3v) is 6.04. The topological polar surface area (TPSA) is 84.2 Å². The van der Waals surface area contributed by atoms with Crippen LogP contribution in [0.25, 0.3) is 11.0 Å². The number of carbonyl (C=O) groups excluding carboxylic acids is 1. The minimum Gasteiger partial charge on any atom is -0.480 e. The zero-order valence-electron chi connectivity index (χ0n) is 17.9. The first kappa shape index (κ1) is 22.0. The highest BCUT2D eigenvalue weighted by Gasteiger charge is 2.23. The highest BCUT2D eigenvalue weighted by Crippen LogP contribution is 2.26. The van der Waals surface area contributed by atoms with Crippen molar-refractivity contribution in [3.63, 3.8) is 0 Å². The van der Waals surface area contributed by atoms with Crippen LogP contribution in [0.2, 0.25) is 0 Å². The van der Waals surface area contributed by atoms with Crippen LogP contribution in [0.5, 0.6) is 0 Å². The molecule has 3 aromatic rings. The lowest BCUT2D eigenvalue weighted by molar-refractivity contribution is -0.139. The summed E-state index contributed by atoms with van der Waals surface area (Å²) < 4.78 is 2.24. The number of nitrogens with zero attached hydrogens (tertiary/aromatic N) is 2. The summed E-state index contributed by atoms with van der Waals surface area (Å²) in [6, 6.07) is 6.91. The summed E-state index contributed by atoms with van der Waals surface area (Å²) in [6.07, 6.45) is 2.09. The molecule has 0 aliphatic heterocycles. The number of rotatable bonds is 9. The molecule has 6 nitrogen and oxygen atoms in total. The Hall–Kier alpha value is -2.67. The average Bonchev–Trinajstić information content (AvgIpc) is 3.33. The number of benzene rings is 1. The lowest BCUT2D eigenvalue weighted by atomic mass is 10.0. The number of amides is 1. The van der Waals surface area contributed by atoms with Gasteiger partial charge in [-0.25, -0.2) is 9.78 Å². The molecule has 2 heterocycles. The lowest BCUT2D eigenvalue weighted by Gasteiger charge is -2.17. The Bertz CT molecular complexity index is 1020. The number of carbonyl (C=O) groups is 2. The molecule has 0 fully saturated rings. The number of fused-ring (bicyclic) bond motifs is 1. The van der Waals surface area contributed by atoms with Gasteiger partial charge in [0.05, 0.1) is 11.0 Å². The second kappa shape index (κ2) is 9.43. The fourth-order valence-electron chi connectivity index (χ4n) is 3.60. The van der Waals surface area contributed by atoms with E-state index in [1.54, 1.807) is 23.5 Å². The van der Waals surface area contributed by atoms with Crippen molar-refractivity contribution in [1.82, 2.24) is 14.9 Å². The SMILES string of the molecule is CCC(C)n1c(Cc2ccsc2)nc2cc(C(=O)NC(CC(C)C)C(=O)O)ccc21. The van der Waals surface area contributed by atoms with Crippen LogP contribution in [-0.4, -0.2) is 32.6 Å². The van der Waals surface area contributed by atoms with E-state index in [4.69, 9.17) is 4.98 Å². The molecule has 7 heteroatoms. The first-order valence-corrected chi connectivity index (χ1v) is 11.3. The number of hydrogen-bond acceptors (Lipinski definition) is 4. The highest BCUT2D eigenvalue weighted by atomic mass is 32.1. The smallest absolute Gasteiger partial charge is 0.326 e. The van der Waals surface area contributed by atoms with E-state index >= 15 is 0 Å². The second-order valence-electron chi connectivity index (χ2n) is 8.16. The van der Waals surface area contributed by atoms with Crippen molar-refractivity contribution in [2.75, 3.05) is 0 Å². The van der Waals surface area contributed by atoms with E-state index in [1.807, 2.05) is 19.9 Å².